The van der Waals surface area contributed by atoms with Crippen molar-refractivity contribution in [3.05, 3.63) is 66.2 Å². The molecule has 2 atom stereocenters. The van der Waals surface area contributed by atoms with Gasteiger partial charge in [-0.25, -0.2) is 0 Å². The zero-order valence-electron chi connectivity index (χ0n) is 10.9. The van der Waals surface area contributed by atoms with Gasteiger partial charge in [0, 0.05) is 11.3 Å². The van der Waals surface area contributed by atoms with Crippen LogP contribution in [0.4, 0.5) is 5.69 Å². The summed E-state index contributed by atoms with van der Waals surface area (Å²) >= 11 is 0. The van der Waals surface area contributed by atoms with Crippen LogP contribution in [0, 0.1) is 0 Å². The van der Waals surface area contributed by atoms with E-state index in [1.165, 1.54) is 0 Å². The van der Waals surface area contributed by atoms with Crippen molar-refractivity contribution in [2.24, 2.45) is 0 Å². The van der Waals surface area contributed by atoms with Crippen molar-refractivity contribution in [3.63, 3.8) is 0 Å². The van der Waals surface area contributed by atoms with Gasteiger partial charge in [-0.1, -0.05) is 48.5 Å². The molecule has 1 saturated heterocycles. The van der Waals surface area contributed by atoms with Crippen molar-refractivity contribution in [2.45, 2.75) is 18.9 Å². The average molecular weight is 255 g/mol. The fourth-order valence-electron chi connectivity index (χ4n) is 2.58. The summed E-state index contributed by atoms with van der Waals surface area (Å²) in [6, 6.07) is 19.5. The number of ether oxygens (including phenoxy) is 1. The van der Waals surface area contributed by atoms with Crippen molar-refractivity contribution in [3.8, 4) is 0 Å². The molecule has 1 heterocycles. The smallest absolute Gasteiger partial charge is 0.278 e. The summed E-state index contributed by atoms with van der Waals surface area (Å²) in [7, 11) is 0. The summed E-state index contributed by atoms with van der Waals surface area (Å²) in [5.74, 6) is -1.39. The molecule has 19 heavy (non-hydrogen) atoms. The first-order chi connectivity index (χ1) is 9.22. The van der Waals surface area contributed by atoms with Crippen LogP contribution >= 0.6 is 0 Å². The highest BCUT2D eigenvalue weighted by molar-refractivity contribution is 5.51. The Balaban J connectivity index is 2.06. The molecule has 1 N–H and O–H groups in total. The number of para-hydroxylation sites is 1. The first-order valence-electron chi connectivity index (χ1n) is 6.48. The molecule has 3 nitrogen and oxygen atoms in total. The van der Waals surface area contributed by atoms with Crippen LogP contribution in [-0.2, 0) is 10.6 Å². The van der Waals surface area contributed by atoms with Gasteiger partial charge in [0.15, 0.2) is 0 Å². The number of rotatable bonds is 2. The largest absolute Gasteiger partial charge is 0.345 e. The SMILES string of the molecule is CC1COC(O)(c2ccccc2)N1c1ccccc1. The van der Waals surface area contributed by atoms with E-state index in [1.54, 1.807) is 0 Å². The third-order valence-corrected chi connectivity index (χ3v) is 3.48. The van der Waals surface area contributed by atoms with Crippen LogP contribution in [0.15, 0.2) is 60.7 Å². The quantitative estimate of drug-likeness (QED) is 0.895. The molecule has 0 aromatic heterocycles. The first kappa shape index (κ1) is 12.2. The Morgan fingerprint density at radius 2 is 1.63 bits per heavy atom. The summed E-state index contributed by atoms with van der Waals surface area (Å²) in [5.41, 5.74) is 1.71. The van der Waals surface area contributed by atoms with Gasteiger partial charge in [-0.15, -0.1) is 0 Å². The van der Waals surface area contributed by atoms with Gasteiger partial charge in [-0.05, 0) is 19.1 Å². The average Bonchev–Trinajstić information content (AvgIpc) is 2.78. The van der Waals surface area contributed by atoms with Crippen molar-refractivity contribution in [1.29, 1.82) is 0 Å². The monoisotopic (exact) mass is 255 g/mol. The van der Waals surface area contributed by atoms with Gasteiger partial charge >= 0.3 is 0 Å². The van der Waals surface area contributed by atoms with Crippen molar-refractivity contribution >= 4 is 5.69 Å². The molecule has 1 aliphatic rings. The van der Waals surface area contributed by atoms with E-state index in [4.69, 9.17) is 4.74 Å². The fraction of sp³-hybridized carbons (Fsp3) is 0.250. The normalized spacial score (nSPS) is 26.6. The van der Waals surface area contributed by atoms with Crippen LogP contribution < -0.4 is 4.90 Å². The third-order valence-electron chi connectivity index (χ3n) is 3.48. The highest BCUT2D eigenvalue weighted by atomic mass is 16.7. The van der Waals surface area contributed by atoms with Crippen molar-refractivity contribution < 1.29 is 9.84 Å². The van der Waals surface area contributed by atoms with E-state index in [9.17, 15) is 5.11 Å². The first-order valence-corrected chi connectivity index (χ1v) is 6.48. The zero-order valence-corrected chi connectivity index (χ0v) is 10.9. The Morgan fingerprint density at radius 1 is 1.05 bits per heavy atom. The van der Waals surface area contributed by atoms with E-state index in [0.717, 1.165) is 11.3 Å². The minimum absolute atomic E-state index is 0.118. The minimum Gasteiger partial charge on any atom is -0.345 e. The van der Waals surface area contributed by atoms with Crippen LogP contribution in [0.5, 0.6) is 0 Å². The van der Waals surface area contributed by atoms with E-state index in [-0.39, 0.29) is 6.04 Å². The molecule has 0 bridgehead atoms. The Hall–Kier alpha value is -1.84. The molecule has 0 amide bonds. The second-order valence-electron chi connectivity index (χ2n) is 4.84. The number of aliphatic hydroxyl groups is 1. The maximum atomic E-state index is 10.9. The molecule has 1 fully saturated rings. The maximum absolute atomic E-state index is 10.9. The summed E-state index contributed by atoms with van der Waals surface area (Å²) < 4.78 is 5.69. The van der Waals surface area contributed by atoms with Crippen LogP contribution in [0.25, 0.3) is 0 Å². The molecule has 1 aliphatic heterocycles. The molecule has 2 aromatic carbocycles. The molecule has 0 spiro atoms. The third kappa shape index (κ3) is 2.01. The number of anilines is 1. The topological polar surface area (TPSA) is 32.7 Å². The highest BCUT2D eigenvalue weighted by Crippen LogP contribution is 2.38. The highest BCUT2D eigenvalue weighted by Gasteiger charge is 2.46. The lowest BCUT2D eigenvalue weighted by Crippen LogP contribution is -2.45. The summed E-state index contributed by atoms with van der Waals surface area (Å²) in [5, 5.41) is 10.9. The van der Waals surface area contributed by atoms with Gasteiger partial charge in [0.25, 0.3) is 5.91 Å². The predicted molar refractivity (Wildman–Crippen MR) is 74.7 cm³/mol. The van der Waals surface area contributed by atoms with Crippen molar-refractivity contribution in [1.82, 2.24) is 0 Å². The van der Waals surface area contributed by atoms with Crippen LogP contribution in [0.3, 0.4) is 0 Å². The summed E-state index contributed by atoms with van der Waals surface area (Å²) in [4.78, 5) is 1.92. The number of hydrogen-bond acceptors (Lipinski definition) is 3. The Labute approximate surface area is 113 Å². The summed E-state index contributed by atoms with van der Waals surface area (Å²) in [6.07, 6.45) is 0. The molecular formula is C16H17NO2. The Kier molecular flexibility index (Phi) is 3.01. The van der Waals surface area contributed by atoms with Crippen LogP contribution in [-0.4, -0.2) is 17.8 Å². The lowest BCUT2D eigenvalue weighted by atomic mass is 10.1. The second kappa shape index (κ2) is 4.68. The van der Waals surface area contributed by atoms with E-state index < -0.39 is 5.91 Å². The molecular weight excluding hydrogens is 238 g/mol. The van der Waals surface area contributed by atoms with Gasteiger partial charge in [0.05, 0.1) is 12.6 Å². The standard InChI is InChI=1S/C16H17NO2/c1-13-12-19-16(18,14-8-4-2-5-9-14)17(13)15-10-6-3-7-11-15/h2-11,13,18H,12H2,1H3. The zero-order chi connectivity index (χ0) is 13.3. The Bertz CT molecular complexity index is 543. The molecule has 0 radical (unpaired) electrons. The van der Waals surface area contributed by atoms with E-state index >= 15 is 0 Å². The minimum atomic E-state index is -1.39. The molecule has 3 rings (SSSR count). The van der Waals surface area contributed by atoms with Crippen molar-refractivity contribution in [2.75, 3.05) is 11.5 Å². The number of nitrogens with zero attached hydrogens (tertiary/aromatic N) is 1. The summed E-state index contributed by atoms with van der Waals surface area (Å²) in [6.45, 7) is 2.55. The van der Waals surface area contributed by atoms with Gasteiger partial charge in [-0.2, -0.15) is 0 Å². The van der Waals surface area contributed by atoms with Gasteiger partial charge in [-0.3, -0.25) is 0 Å². The van der Waals surface area contributed by atoms with E-state index in [2.05, 4.69) is 0 Å². The van der Waals surface area contributed by atoms with Gasteiger partial charge in [0.2, 0.25) is 0 Å². The second-order valence-corrected chi connectivity index (χ2v) is 4.84. The number of hydrogen-bond donors (Lipinski definition) is 1. The van der Waals surface area contributed by atoms with Gasteiger partial charge in [0.1, 0.15) is 0 Å². The molecule has 0 aliphatic carbocycles. The number of benzene rings is 2. The lowest BCUT2D eigenvalue weighted by molar-refractivity contribution is -0.176. The van der Waals surface area contributed by atoms with Gasteiger partial charge < -0.3 is 14.7 Å². The maximum Gasteiger partial charge on any atom is 0.278 e. The molecule has 0 saturated carbocycles. The Morgan fingerprint density at radius 3 is 2.26 bits per heavy atom. The molecule has 2 unspecified atom stereocenters. The van der Waals surface area contributed by atoms with E-state index in [0.29, 0.717) is 6.61 Å². The van der Waals surface area contributed by atoms with E-state index in [1.807, 2.05) is 72.5 Å². The van der Waals surface area contributed by atoms with Crippen LogP contribution in [0.1, 0.15) is 12.5 Å². The predicted octanol–water partition coefficient (Wildman–Crippen LogP) is 2.71. The lowest BCUT2D eigenvalue weighted by Gasteiger charge is -2.35. The van der Waals surface area contributed by atoms with Crippen LogP contribution in [0.2, 0.25) is 0 Å². The molecule has 3 heteroatoms. The fourth-order valence-corrected chi connectivity index (χ4v) is 2.58. The molecule has 98 valence electrons. The molecule has 2 aromatic rings.